The molecule has 1 aliphatic heterocycles. The molecule has 0 spiro atoms. The molecule has 0 bridgehead atoms. The number of para-hydroxylation sites is 3. The average molecular weight is 237 g/mol. The Morgan fingerprint density at radius 1 is 0.778 bits per heavy atom. The van der Waals surface area contributed by atoms with E-state index in [1.807, 2.05) is 47.2 Å². The first-order valence-electron chi connectivity index (χ1n) is 5.90. The molecule has 0 saturated carbocycles. The van der Waals surface area contributed by atoms with Crippen LogP contribution < -0.4 is 9.47 Å². The van der Waals surface area contributed by atoms with Gasteiger partial charge in [-0.1, -0.05) is 30.3 Å². The maximum atomic E-state index is 5.80. The normalized spacial score (nSPS) is 14.2. The van der Waals surface area contributed by atoms with Gasteiger partial charge in [0, 0.05) is 6.20 Å². The summed E-state index contributed by atoms with van der Waals surface area (Å²) in [5.74, 6) is 1.58. The first-order chi connectivity index (χ1) is 8.92. The second-order valence-electron chi connectivity index (χ2n) is 4.27. The van der Waals surface area contributed by atoms with Crippen molar-refractivity contribution in [3.63, 3.8) is 0 Å². The standard InChI is InChI=1S/C15H11NO2/c1-2-6-12-11(5-1)9-10-16(12)15-17-13-7-3-4-8-14(13)18-15/h1-10,15H. The van der Waals surface area contributed by atoms with Crippen molar-refractivity contribution in [3.05, 3.63) is 60.8 Å². The van der Waals surface area contributed by atoms with Gasteiger partial charge in [-0.05, 0) is 29.7 Å². The van der Waals surface area contributed by atoms with Crippen molar-refractivity contribution in [2.24, 2.45) is 0 Å². The molecular weight excluding hydrogens is 226 g/mol. The predicted octanol–water partition coefficient (Wildman–Crippen LogP) is 3.57. The molecule has 2 aromatic carbocycles. The Kier molecular flexibility index (Phi) is 1.88. The van der Waals surface area contributed by atoms with Crippen LogP contribution in [0, 0.1) is 0 Å². The molecule has 3 heteroatoms. The molecule has 2 heterocycles. The molecule has 0 atom stereocenters. The monoisotopic (exact) mass is 237 g/mol. The van der Waals surface area contributed by atoms with Crippen LogP contribution in [0.5, 0.6) is 11.5 Å². The number of benzene rings is 2. The SMILES string of the molecule is c1ccc2c(c1)OC(n1ccc3ccccc31)O2. The van der Waals surface area contributed by atoms with E-state index >= 15 is 0 Å². The minimum Gasteiger partial charge on any atom is -0.433 e. The largest absolute Gasteiger partial charge is 0.433 e. The van der Waals surface area contributed by atoms with Crippen molar-refractivity contribution in [2.45, 2.75) is 6.41 Å². The van der Waals surface area contributed by atoms with Crippen LogP contribution in [-0.4, -0.2) is 4.57 Å². The van der Waals surface area contributed by atoms with E-state index in [9.17, 15) is 0 Å². The van der Waals surface area contributed by atoms with Gasteiger partial charge in [-0.2, -0.15) is 0 Å². The van der Waals surface area contributed by atoms with Gasteiger partial charge in [-0.15, -0.1) is 0 Å². The highest BCUT2D eigenvalue weighted by Crippen LogP contribution is 2.38. The minimum absolute atomic E-state index is 0.415. The maximum Gasteiger partial charge on any atom is 0.331 e. The van der Waals surface area contributed by atoms with E-state index in [0.29, 0.717) is 0 Å². The van der Waals surface area contributed by atoms with Crippen LogP contribution in [0.2, 0.25) is 0 Å². The number of fused-ring (bicyclic) bond motifs is 2. The molecule has 88 valence electrons. The lowest BCUT2D eigenvalue weighted by molar-refractivity contribution is -0.0139. The molecule has 1 aliphatic rings. The molecule has 0 N–H and O–H groups in total. The first-order valence-corrected chi connectivity index (χ1v) is 5.90. The van der Waals surface area contributed by atoms with Gasteiger partial charge in [0.2, 0.25) is 0 Å². The van der Waals surface area contributed by atoms with Gasteiger partial charge in [-0.3, -0.25) is 4.57 Å². The van der Waals surface area contributed by atoms with Crippen LogP contribution >= 0.6 is 0 Å². The van der Waals surface area contributed by atoms with E-state index in [4.69, 9.17) is 9.47 Å². The van der Waals surface area contributed by atoms with Gasteiger partial charge in [-0.25, -0.2) is 0 Å². The molecule has 0 aliphatic carbocycles. The van der Waals surface area contributed by atoms with Crippen LogP contribution in [-0.2, 0) is 0 Å². The molecule has 0 amide bonds. The van der Waals surface area contributed by atoms with Crippen LogP contribution in [0.25, 0.3) is 10.9 Å². The minimum atomic E-state index is -0.415. The van der Waals surface area contributed by atoms with E-state index in [-0.39, 0.29) is 0 Å². The second kappa shape index (κ2) is 3.53. The summed E-state index contributed by atoms with van der Waals surface area (Å²) in [7, 11) is 0. The lowest BCUT2D eigenvalue weighted by Gasteiger charge is -2.13. The summed E-state index contributed by atoms with van der Waals surface area (Å²) in [6.07, 6.45) is 1.57. The van der Waals surface area contributed by atoms with E-state index < -0.39 is 6.41 Å². The van der Waals surface area contributed by atoms with Gasteiger partial charge in [0.1, 0.15) is 0 Å². The molecule has 0 unspecified atom stereocenters. The van der Waals surface area contributed by atoms with Crippen LogP contribution in [0.1, 0.15) is 6.41 Å². The van der Waals surface area contributed by atoms with Crippen molar-refractivity contribution < 1.29 is 9.47 Å². The second-order valence-corrected chi connectivity index (χ2v) is 4.27. The molecule has 1 aromatic heterocycles. The number of rotatable bonds is 1. The highest BCUT2D eigenvalue weighted by atomic mass is 16.7. The number of hydrogen-bond acceptors (Lipinski definition) is 2. The quantitative estimate of drug-likeness (QED) is 0.646. The third-order valence-corrected chi connectivity index (χ3v) is 3.16. The zero-order valence-corrected chi connectivity index (χ0v) is 9.61. The molecule has 18 heavy (non-hydrogen) atoms. The van der Waals surface area contributed by atoms with E-state index in [2.05, 4.69) is 18.2 Å². The van der Waals surface area contributed by atoms with Crippen molar-refractivity contribution in [1.82, 2.24) is 4.57 Å². The summed E-state index contributed by atoms with van der Waals surface area (Å²) in [6.45, 7) is 0. The summed E-state index contributed by atoms with van der Waals surface area (Å²) >= 11 is 0. The summed E-state index contributed by atoms with van der Waals surface area (Å²) in [5.41, 5.74) is 1.11. The van der Waals surface area contributed by atoms with Crippen LogP contribution in [0.4, 0.5) is 0 Å². The third-order valence-electron chi connectivity index (χ3n) is 3.16. The highest BCUT2D eigenvalue weighted by Gasteiger charge is 2.25. The Morgan fingerprint density at radius 3 is 2.22 bits per heavy atom. The fourth-order valence-corrected chi connectivity index (χ4v) is 2.29. The smallest absolute Gasteiger partial charge is 0.331 e. The predicted molar refractivity (Wildman–Crippen MR) is 68.7 cm³/mol. The Morgan fingerprint density at radius 2 is 1.44 bits per heavy atom. The summed E-state index contributed by atoms with van der Waals surface area (Å²) in [5, 5.41) is 1.18. The maximum absolute atomic E-state index is 5.80. The van der Waals surface area contributed by atoms with Gasteiger partial charge in [0.05, 0.1) is 5.52 Å². The zero-order chi connectivity index (χ0) is 11.9. The Labute approximate surface area is 104 Å². The van der Waals surface area contributed by atoms with Crippen molar-refractivity contribution >= 4 is 10.9 Å². The lowest BCUT2D eigenvalue weighted by atomic mass is 10.2. The Hall–Kier alpha value is -2.42. The number of aromatic nitrogens is 1. The zero-order valence-electron chi connectivity index (χ0n) is 9.61. The Balaban J connectivity index is 1.78. The van der Waals surface area contributed by atoms with Crippen molar-refractivity contribution in [3.8, 4) is 11.5 Å². The average Bonchev–Trinajstić information content (AvgIpc) is 3.02. The Bertz CT molecular complexity index is 692. The fourth-order valence-electron chi connectivity index (χ4n) is 2.29. The van der Waals surface area contributed by atoms with Crippen LogP contribution in [0.3, 0.4) is 0 Å². The van der Waals surface area contributed by atoms with Crippen LogP contribution in [0.15, 0.2) is 60.8 Å². The summed E-state index contributed by atoms with van der Waals surface area (Å²) in [4.78, 5) is 0. The first kappa shape index (κ1) is 9.59. The molecule has 0 radical (unpaired) electrons. The van der Waals surface area contributed by atoms with E-state index in [0.717, 1.165) is 17.0 Å². The molecule has 0 saturated heterocycles. The van der Waals surface area contributed by atoms with Gasteiger partial charge in [0.25, 0.3) is 0 Å². The number of nitrogens with zero attached hydrogens (tertiary/aromatic N) is 1. The molecule has 3 aromatic rings. The molecule has 3 nitrogen and oxygen atoms in total. The third kappa shape index (κ3) is 1.31. The molecule has 4 rings (SSSR count). The molecule has 0 fully saturated rings. The van der Waals surface area contributed by atoms with E-state index in [1.165, 1.54) is 5.39 Å². The lowest BCUT2D eigenvalue weighted by Crippen LogP contribution is -2.15. The topological polar surface area (TPSA) is 23.4 Å². The van der Waals surface area contributed by atoms with Gasteiger partial charge < -0.3 is 9.47 Å². The summed E-state index contributed by atoms with van der Waals surface area (Å²) in [6, 6.07) is 18.0. The van der Waals surface area contributed by atoms with Crippen molar-refractivity contribution in [2.75, 3.05) is 0 Å². The number of ether oxygens (including phenoxy) is 2. The fraction of sp³-hybridized carbons (Fsp3) is 0.0667. The van der Waals surface area contributed by atoms with Gasteiger partial charge >= 0.3 is 6.41 Å². The van der Waals surface area contributed by atoms with Gasteiger partial charge in [0.15, 0.2) is 11.5 Å². The number of hydrogen-bond donors (Lipinski definition) is 0. The van der Waals surface area contributed by atoms with Crippen molar-refractivity contribution in [1.29, 1.82) is 0 Å². The highest BCUT2D eigenvalue weighted by molar-refractivity contribution is 5.80. The van der Waals surface area contributed by atoms with E-state index in [1.54, 1.807) is 0 Å². The molecular formula is C15H11NO2. The summed E-state index contributed by atoms with van der Waals surface area (Å²) < 4.78 is 13.6.